The molecule has 1 unspecified atom stereocenters. The number of hydrogen-bond donors (Lipinski definition) is 3. The van der Waals surface area contributed by atoms with E-state index in [-0.39, 0.29) is 6.10 Å². The Morgan fingerprint density at radius 3 is 2.14 bits per heavy atom. The fraction of sp³-hybridized carbons (Fsp3) is 0.300. The number of para-hydroxylation sites is 2. The Morgan fingerprint density at radius 1 is 0.964 bits per heavy atom. The Bertz CT molecular complexity index is 733. The van der Waals surface area contributed by atoms with Crippen LogP contribution in [0.15, 0.2) is 54.6 Å². The fourth-order valence-corrected chi connectivity index (χ4v) is 2.33. The highest BCUT2D eigenvalue weighted by molar-refractivity contribution is 6.27. The van der Waals surface area contributed by atoms with Crippen LogP contribution < -0.4 is 14.8 Å². The Hall–Kier alpha value is -3.10. The summed E-state index contributed by atoms with van der Waals surface area (Å²) in [6, 6.07) is 17.9. The molecule has 3 rings (SSSR count). The highest BCUT2D eigenvalue weighted by Gasteiger charge is 2.15. The van der Waals surface area contributed by atoms with Gasteiger partial charge in [-0.1, -0.05) is 42.5 Å². The number of benzene rings is 2. The molecule has 0 radical (unpaired) electrons. The van der Waals surface area contributed by atoms with Crippen molar-refractivity contribution in [3.8, 4) is 11.5 Å². The molecule has 0 bridgehead atoms. The van der Waals surface area contributed by atoms with Gasteiger partial charge in [-0.25, -0.2) is 9.59 Å². The highest BCUT2D eigenvalue weighted by atomic mass is 16.5. The van der Waals surface area contributed by atoms with Crippen LogP contribution in [0.3, 0.4) is 0 Å². The van der Waals surface area contributed by atoms with Crippen LogP contribution in [-0.2, 0) is 20.9 Å². The molecular formula is C20H23NO7. The fourth-order valence-electron chi connectivity index (χ4n) is 2.33. The van der Waals surface area contributed by atoms with Gasteiger partial charge in [0, 0.05) is 13.1 Å². The first-order chi connectivity index (χ1) is 13.6. The number of nitrogens with one attached hydrogen (secondary N) is 1. The van der Waals surface area contributed by atoms with Gasteiger partial charge in [0.2, 0.25) is 0 Å². The van der Waals surface area contributed by atoms with Gasteiger partial charge in [-0.15, -0.1) is 0 Å². The molecule has 28 heavy (non-hydrogen) atoms. The average molecular weight is 389 g/mol. The number of morpholine rings is 1. The number of hydrogen-bond acceptors (Lipinski definition) is 6. The molecule has 0 aromatic heterocycles. The van der Waals surface area contributed by atoms with Gasteiger partial charge in [0.1, 0.15) is 19.3 Å². The summed E-state index contributed by atoms with van der Waals surface area (Å²) in [5.74, 6) is -2.13. The number of ether oxygens (including phenoxy) is 3. The second kappa shape index (κ2) is 11.6. The molecule has 1 heterocycles. The van der Waals surface area contributed by atoms with Gasteiger partial charge in [-0.2, -0.15) is 0 Å². The lowest BCUT2D eigenvalue weighted by atomic mass is 10.2. The maximum absolute atomic E-state index is 9.10. The van der Waals surface area contributed by atoms with Gasteiger partial charge in [-0.05, 0) is 17.7 Å². The third-order valence-corrected chi connectivity index (χ3v) is 3.70. The Kier molecular flexibility index (Phi) is 8.77. The molecule has 2 aromatic carbocycles. The van der Waals surface area contributed by atoms with E-state index in [1.54, 1.807) is 0 Å². The molecule has 1 aliphatic rings. The molecule has 0 aliphatic carbocycles. The van der Waals surface area contributed by atoms with Crippen LogP contribution in [-0.4, -0.2) is 54.6 Å². The van der Waals surface area contributed by atoms with Crippen LogP contribution in [0.25, 0.3) is 0 Å². The quantitative estimate of drug-likeness (QED) is 0.641. The second-order valence-corrected chi connectivity index (χ2v) is 5.84. The number of carbonyl (C=O) groups is 2. The van der Waals surface area contributed by atoms with E-state index in [1.807, 2.05) is 54.6 Å². The van der Waals surface area contributed by atoms with Crippen LogP contribution >= 0.6 is 0 Å². The van der Waals surface area contributed by atoms with Crippen molar-refractivity contribution in [2.24, 2.45) is 0 Å². The summed E-state index contributed by atoms with van der Waals surface area (Å²) in [7, 11) is 0. The molecule has 1 atom stereocenters. The summed E-state index contributed by atoms with van der Waals surface area (Å²) >= 11 is 0. The van der Waals surface area contributed by atoms with Crippen molar-refractivity contribution < 1.29 is 34.0 Å². The maximum Gasteiger partial charge on any atom is 0.414 e. The van der Waals surface area contributed by atoms with Gasteiger partial charge < -0.3 is 29.7 Å². The standard InChI is InChI=1S/C18H21NO3.C2H2O4/c1-2-6-15(7-3-1)13-21-17-8-4-5-9-18(17)22-14-16-12-19-10-11-20-16;3-1(4)2(5)6/h1-9,16,19H,10-14H2;(H,3,4)(H,5,6). The molecule has 150 valence electrons. The first kappa shape index (κ1) is 21.2. The predicted octanol–water partition coefficient (Wildman–Crippen LogP) is 1.79. The number of carboxylic acids is 2. The van der Waals surface area contributed by atoms with E-state index in [1.165, 1.54) is 0 Å². The zero-order chi connectivity index (χ0) is 20.2. The molecule has 1 fully saturated rings. The summed E-state index contributed by atoms with van der Waals surface area (Å²) in [5, 5.41) is 18.1. The van der Waals surface area contributed by atoms with E-state index in [0.29, 0.717) is 13.2 Å². The summed E-state index contributed by atoms with van der Waals surface area (Å²) in [6.45, 7) is 3.53. The Balaban J connectivity index is 0.000000409. The molecule has 1 aliphatic heterocycles. The molecular weight excluding hydrogens is 366 g/mol. The van der Waals surface area contributed by atoms with Crippen LogP contribution in [0.4, 0.5) is 0 Å². The van der Waals surface area contributed by atoms with E-state index in [2.05, 4.69) is 5.32 Å². The molecule has 2 aromatic rings. The third-order valence-electron chi connectivity index (χ3n) is 3.70. The van der Waals surface area contributed by atoms with Crippen LogP contribution in [0, 0.1) is 0 Å². The number of rotatable bonds is 6. The van der Waals surface area contributed by atoms with E-state index < -0.39 is 11.9 Å². The zero-order valence-electron chi connectivity index (χ0n) is 15.2. The normalized spacial score (nSPS) is 15.6. The minimum Gasteiger partial charge on any atom is -0.487 e. The van der Waals surface area contributed by atoms with Crippen molar-refractivity contribution in [2.45, 2.75) is 12.7 Å². The van der Waals surface area contributed by atoms with Crippen LogP contribution in [0.5, 0.6) is 11.5 Å². The number of aliphatic carboxylic acids is 2. The molecule has 1 saturated heterocycles. The summed E-state index contributed by atoms with van der Waals surface area (Å²) in [6.07, 6.45) is 0.0935. The largest absolute Gasteiger partial charge is 0.487 e. The van der Waals surface area contributed by atoms with E-state index in [9.17, 15) is 0 Å². The molecule has 0 spiro atoms. The van der Waals surface area contributed by atoms with Crippen LogP contribution in [0.2, 0.25) is 0 Å². The average Bonchev–Trinajstić information content (AvgIpc) is 2.73. The number of carboxylic acid groups (broad SMARTS) is 2. The predicted molar refractivity (Wildman–Crippen MR) is 101 cm³/mol. The lowest BCUT2D eigenvalue weighted by Gasteiger charge is -2.24. The minimum absolute atomic E-state index is 0.0935. The SMILES string of the molecule is O=C(O)C(=O)O.c1ccc(COc2ccccc2OCC2CNCCO2)cc1. The van der Waals surface area contributed by atoms with Gasteiger partial charge in [-0.3, -0.25) is 0 Å². The first-order valence-electron chi connectivity index (χ1n) is 8.73. The van der Waals surface area contributed by atoms with E-state index in [0.717, 1.165) is 36.8 Å². The van der Waals surface area contributed by atoms with Crippen molar-refractivity contribution in [3.63, 3.8) is 0 Å². The summed E-state index contributed by atoms with van der Waals surface area (Å²) in [4.78, 5) is 18.2. The van der Waals surface area contributed by atoms with Crippen molar-refractivity contribution >= 4 is 11.9 Å². The van der Waals surface area contributed by atoms with Crippen molar-refractivity contribution in [2.75, 3.05) is 26.3 Å². The molecule has 8 nitrogen and oxygen atoms in total. The van der Waals surface area contributed by atoms with Crippen molar-refractivity contribution in [1.82, 2.24) is 5.32 Å². The maximum atomic E-state index is 9.10. The summed E-state index contributed by atoms with van der Waals surface area (Å²) < 4.78 is 17.4. The van der Waals surface area contributed by atoms with Crippen molar-refractivity contribution in [3.05, 3.63) is 60.2 Å². The van der Waals surface area contributed by atoms with Gasteiger partial charge in [0.25, 0.3) is 0 Å². The highest BCUT2D eigenvalue weighted by Crippen LogP contribution is 2.27. The molecule has 3 N–H and O–H groups in total. The molecule has 0 saturated carbocycles. The second-order valence-electron chi connectivity index (χ2n) is 5.84. The third kappa shape index (κ3) is 7.65. The van der Waals surface area contributed by atoms with E-state index >= 15 is 0 Å². The Morgan fingerprint density at radius 2 is 1.57 bits per heavy atom. The Labute approximate surface area is 162 Å². The minimum atomic E-state index is -1.82. The lowest BCUT2D eigenvalue weighted by molar-refractivity contribution is -0.159. The van der Waals surface area contributed by atoms with Gasteiger partial charge >= 0.3 is 11.9 Å². The first-order valence-corrected chi connectivity index (χ1v) is 8.73. The molecule has 8 heteroatoms. The van der Waals surface area contributed by atoms with Gasteiger partial charge in [0.15, 0.2) is 11.5 Å². The molecule has 0 amide bonds. The topological polar surface area (TPSA) is 114 Å². The zero-order valence-corrected chi connectivity index (χ0v) is 15.2. The smallest absolute Gasteiger partial charge is 0.414 e. The lowest BCUT2D eigenvalue weighted by Crippen LogP contribution is -2.41. The van der Waals surface area contributed by atoms with E-state index in [4.69, 9.17) is 34.0 Å². The summed E-state index contributed by atoms with van der Waals surface area (Å²) in [5.41, 5.74) is 1.14. The monoisotopic (exact) mass is 389 g/mol. The van der Waals surface area contributed by atoms with Crippen LogP contribution in [0.1, 0.15) is 5.56 Å². The van der Waals surface area contributed by atoms with Gasteiger partial charge in [0.05, 0.1) is 6.61 Å². The van der Waals surface area contributed by atoms with Crippen molar-refractivity contribution in [1.29, 1.82) is 0 Å².